The first-order valence-corrected chi connectivity index (χ1v) is 5.81. The summed E-state index contributed by atoms with van der Waals surface area (Å²) >= 11 is 11.9. The molecule has 1 aromatic carbocycles. The summed E-state index contributed by atoms with van der Waals surface area (Å²) in [6.07, 6.45) is 0.756. The van der Waals surface area contributed by atoms with Crippen molar-refractivity contribution in [3.63, 3.8) is 0 Å². The van der Waals surface area contributed by atoms with Gasteiger partial charge in [-0.2, -0.15) is 5.26 Å². The number of hydrogen-bond acceptors (Lipinski definition) is 2. The van der Waals surface area contributed by atoms with Crippen LogP contribution in [-0.4, -0.2) is 6.54 Å². The van der Waals surface area contributed by atoms with Gasteiger partial charge in [-0.15, -0.1) is 0 Å². The van der Waals surface area contributed by atoms with Crippen LogP contribution in [-0.2, 0) is 0 Å². The Hall–Kier alpha value is -0.910. The molecule has 0 unspecified atom stereocenters. The average Bonchev–Trinajstić information content (AvgIpc) is 2.24. The third-order valence-corrected chi connectivity index (χ3v) is 3.14. The molecule has 0 radical (unpaired) electrons. The SMILES string of the molecule is CC(C)(C#N)CCNc1cccc(Cl)c1Cl. The number of halogens is 2. The van der Waals surface area contributed by atoms with Crippen molar-refractivity contribution in [1.29, 1.82) is 5.26 Å². The number of benzene rings is 1. The first kappa shape index (κ1) is 13.2. The van der Waals surface area contributed by atoms with E-state index in [0.717, 1.165) is 12.1 Å². The largest absolute Gasteiger partial charge is 0.384 e. The molecule has 2 nitrogen and oxygen atoms in total. The molecule has 0 atom stereocenters. The highest BCUT2D eigenvalue weighted by Crippen LogP contribution is 2.29. The molecule has 0 aliphatic heterocycles. The predicted molar refractivity (Wildman–Crippen MR) is 69.0 cm³/mol. The maximum Gasteiger partial charge on any atom is 0.0823 e. The van der Waals surface area contributed by atoms with E-state index in [1.165, 1.54) is 0 Å². The second kappa shape index (κ2) is 5.43. The van der Waals surface area contributed by atoms with Crippen LogP contribution in [0.5, 0.6) is 0 Å². The predicted octanol–water partition coefficient (Wildman–Crippen LogP) is 4.35. The molecule has 0 saturated heterocycles. The molecule has 0 spiro atoms. The molecule has 0 bridgehead atoms. The summed E-state index contributed by atoms with van der Waals surface area (Å²) in [4.78, 5) is 0. The van der Waals surface area contributed by atoms with Gasteiger partial charge in [-0.1, -0.05) is 29.3 Å². The first-order chi connectivity index (χ1) is 7.46. The van der Waals surface area contributed by atoms with Crippen molar-refractivity contribution in [2.24, 2.45) is 5.41 Å². The topological polar surface area (TPSA) is 35.8 Å². The summed E-state index contributed by atoms with van der Waals surface area (Å²) in [6, 6.07) is 7.71. The fourth-order valence-corrected chi connectivity index (χ4v) is 1.57. The molecule has 86 valence electrons. The molecule has 1 N–H and O–H groups in total. The lowest BCUT2D eigenvalue weighted by Crippen LogP contribution is -2.14. The van der Waals surface area contributed by atoms with E-state index in [4.69, 9.17) is 28.5 Å². The van der Waals surface area contributed by atoms with E-state index in [9.17, 15) is 0 Å². The normalized spacial score (nSPS) is 10.9. The van der Waals surface area contributed by atoms with E-state index in [1.54, 1.807) is 6.07 Å². The summed E-state index contributed by atoms with van der Waals surface area (Å²) in [5.41, 5.74) is 0.487. The van der Waals surface area contributed by atoms with Crippen LogP contribution in [0, 0.1) is 16.7 Å². The van der Waals surface area contributed by atoms with E-state index < -0.39 is 0 Å². The molecular formula is C12H14Cl2N2. The molecular weight excluding hydrogens is 243 g/mol. The third kappa shape index (κ3) is 3.59. The fraction of sp³-hybridized carbons (Fsp3) is 0.417. The van der Waals surface area contributed by atoms with Crippen molar-refractivity contribution in [1.82, 2.24) is 0 Å². The molecule has 0 saturated carbocycles. The average molecular weight is 257 g/mol. The minimum absolute atomic E-state index is 0.321. The van der Waals surface area contributed by atoms with Gasteiger partial charge in [0.25, 0.3) is 0 Å². The van der Waals surface area contributed by atoms with E-state index in [-0.39, 0.29) is 5.41 Å². The van der Waals surface area contributed by atoms with E-state index in [2.05, 4.69) is 11.4 Å². The summed E-state index contributed by atoms with van der Waals surface area (Å²) < 4.78 is 0. The lowest BCUT2D eigenvalue weighted by molar-refractivity contribution is 0.466. The second-order valence-electron chi connectivity index (χ2n) is 4.27. The smallest absolute Gasteiger partial charge is 0.0823 e. The van der Waals surface area contributed by atoms with E-state index in [1.807, 2.05) is 26.0 Å². The molecule has 1 aromatic rings. The number of nitrogens with zero attached hydrogens (tertiary/aromatic N) is 1. The van der Waals surface area contributed by atoms with Gasteiger partial charge in [0.15, 0.2) is 0 Å². The fourth-order valence-electron chi connectivity index (χ4n) is 1.21. The van der Waals surface area contributed by atoms with Gasteiger partial charge in [0, 0.05) is 6.54 Å². The van der Waals surface area contributed by atoms with Crippen LogP contribution >= 0.6 is 23.2 Å². The molecule has 0 aliphatic rings. The van der Waals surface area contributed by atoms with Gasteiger partial charge >= 0.3 is 0 Å². The number of anilines is 1. The first-order valence-electron chi connectivity index (χ1n) is 5.05. The van der Waals surface area contributed by atoms with Crippen LogP contribution in [0.4, 0.5) is 5.69 Å². The van der Waals surface area contributed by atoms with Crippen LogP contribution in [0.25, 0.3) is 0 Å². The highest BCUT2D eigenvalue weighted by atomic mass is 35.5. The molecule has 0 fully saturated rings. The summed E-state index contributed by atoms with van der Waals surface area (Å²) in [5, 5.41) is 13.1. The van der Waals surface area contributed by atoms with Gasteiger partial charge in [-0.25, -0.2) is 0 Å². The molecule has 0 aliphatic carbocycles. The highest BCUT2D eigenvalue weighted by molar-refractivity contribution is 6.43. The Bertz CT molecular complexity index is 408. The minimum atomic E-state index is -0.321. The maximum atomic E-state index is 8.86. The number of rotatable bonds is 4. The van der Waals surface area contributed by atoms with Crippen molar-refractivity contribution < 1.29 is 0 Å². The Morgan fingerprint density at radius 3 is 2.69 bits per heavy atom. The van der Waals surface area contributed by atoms with Crippen LogP contribution in [0.1, 0.15) is 20.3 Å². The van der Waals surface area contributed by atoms with Gasteiger partial charge in [-0.3, -0.25) is 0 Å². The second-order valence-corrected chi connectivity index (χ2v) is 5.06. The number of nitrogens with one attached hydrogen (secondary N) is 1. The van der Waals surface area contributed by atoms with Crippen LogP contribution < -0.4 is 5.32 Å². The van der Waals surface area contributed by atoms with Crippen molar-refractivity contribution in [2.45, 2.75) is 20.3 Å². The Kier molecular flexibility index (Phi) is 4.46. The van der Waals surface area contributed by atoms with Crippen LogP contribution in [0.3, 0.4) is 0 Å². The van der Waals surface area contributed by atoms with Gasteiger partial charge in [-0.05, 0) is 32.4 Å². The van der Waals surface area contributed by atoms with E-state index in [0.29, 0.717) is 16.6 Å². The molecule has 1 rings (SSSR count). The van der Waals surface area contributed by atoms with Gasteiger partial charge in [0.2, 0.25) is 0 Å². The monoisotopic (exact) mass is 256 g/mol. The van der Waals surface area contributed by atoms with Crippen molar-refractivity contribution in [3.8, 4) is 6.07 Å². The van der Waals surface area contributed by atoms with Crippen molar-refractivity contribution in [3.05, 3.63) is 28.2 Å². The Labute approximate surface area is 106 Å². The lowest BCUT2D eigenvalue weighted by Gasteiger charge is -2.16. The zero-order chi connectivity index (χ0) is 12.2. The molecule has 4 heteroatoms. The lowest BCUT2D eigenvalue weighted by atomic mass is 9.91. The summed E-state index contributed by atoms with van der Waals surface area (Å²) in [6.45, 7) is 4.52. The van der Waals surface area contributed by atoms with Gasteiger partial charge in [0.1, 0.15) is 0 Å². The zero-order valence-corrected chi connectivity index (χ0v) is 10.9. The van der Waals surface area contributed by atoms with Crippen LogP contribution in [0.2, 0.25) is 10.0 Å². The quantitative estimate of drug-likeness (QED) is 0.870. The molecule has 0 amide bonds. The minimum Gasteiger partial charge on any atom is -0.384 e. The number of hydrogen-bond donors (Lipinski definition) is 1. The Balaban J connectivity index is 2.57. The van der Waals surface area contributed by atoms with Gasteiger partial charge < -0.3 is 5.32 Å². The Morgan fingerprint density at radius 2 is 2.06 bits per heavy atom. The van der Waals surface area contributed by atoms with Crippen molar-refractivity contribution >= 4 is 28.9 Å². The summed E-state index contributed by atoms with van der Waals surface area (Å²) in [7, 11) is 0. The van der Waals surface area contributed by atoms with Crippen molar-refractivity contribution in [2.75, 3.05) is 11.9 Å². The number of nitriles is 1. The molecule has 16 heavy (non-hydrogen) atoms. The highest BCUT2D eigenvalue weighted by Gasteiger charge is 2.15. The summed E-state index contributed by atoms with van der Waals surface area (Å²) in [5.74, 6) is 0. The maximum absolute atomic E-state index is 8.86. The van der Waals surface area contributed by atoms with E-state index >= 15 is 0 Å². The third-order valence-electron chi connectivity index (χ3n) is 2.32. The molecule has 0 heterocycles. The van der Waals surface area contributed by atoms with Crippen LogP contribution in [0.15, 0.2) is 18.2 Å². The Morgan fingerprint density at radius 1 is 1.38 bits per heavy atom. The van der Waals surface area contributed by atoms with Gasteiger partial charge in [0.05, 0.1) is 27.2 Å². The standard InChI is InChI=1S/C12H14Cl2N2/c1-12(2,8-15)6-7-16-10-5-3-4-9(13)11(10)14/h3-5,16H,6-7H2,1-2H3. The zero-order valence-electron chi connectivity index (χ0n) is 9.35. The molecule has 0 aromatic heterocycles.